The van der Waals surface area contributed by atoms with Gasteiger partial charge in [0.25, 0.3) is 0 Å². The Morgan fingerprint density at radius 3 is 2.50 bits per heavy atom. The van der Waals surface area contributed by atoms with Gasteiger partial charge in [-0.2, -0.15) is 0 Å². The third-order valence-electron chi connectivity index (χ3n) is 7.72. The zero-order chi connectivity index (χ0) is 25.8. The van der Waals surface area contributed by atoms with E-state index < -0.39 is 0 Å². The number of benzene rings is 3. The van der Waals surface area contributed by atoms with Crippen LogP contribution < -0.4 is 4.74 Å². The lowest BCUT2D eigenvalue weighted by molar-refractivity contribution is 0.153. The summed E-state index contributed by atoms with van der Waals surface area (Å²) in [7, 11) is 0. The van der Waals surface area contributed by atoms with Crippen LogP contribution in [-0.4, -0.2) is 27.6 Å². The molecule has 0 saturated heterocycles. The zero-order valence-corrected chi connectivity index (χ0v) is 22.1. The maximum atomic E-state index is 6.50. The zero-order valence-electron chi connectivity index (χ0n) is 22.1. The molecule has 0 radical (unpaired) electrons. The molecule has 0 unspecified atom stereocenters. The number of aromatic nitrogens is 2. The van der Waals surface area contributed by atoms with E-state index in [9.17, 15) is 0 Å². The van der Waals surface area contributed by atoms with Crippen molar-refractivity contribution in [1.82, 2.24) is 9.55 Å². The molecule has 0 spiro atoms. The quantitative estimate of drug-likeness (QED) is 0.251. The van der Waals surface area contributed by atoms with Gasteiger partial charge < -0.3 is 9.47 Å². The Morgan fingerprint density at radius 1 is 0.816 bits per heavy atom. The van der Waals surface area contributed by atoms with Crippen LogP contribution in [0.5, 0.6) is 11.5 Å². The second-order valence-corrected chi connectivity index (χ2v) is 10.8. The molecule has 3 aromatic carbocycles. The molecule has 5 heteroatoms. The fourth-order valence-electron chi connectivity index (χ4n) is 6.03. The highest BCUT2D eigenvalue weighted by Crippen LogP contribution is 2.35. The Bertz CT molecular complexity index is 1730. The normalized spacial score (nSPS) is 18.9. The van der Waals surface area contributed by atoms with Gasteiger partial charge in [0.05, 0.1) is 17.2 Å². The summed E-state index contributed by atoms with van der Waals surface area (Å²) in [6.45, 7) is 6.32. The number of hydrogen-bond donors (Lipinski definition) is 0. The molecule has 1 fully saturated rings. The Hall–Kier alpha value is -4.12. The predicted molar refractivity (Wildman–Crippen MR) is 153 cm³/mol. The molecule has 2 atom stereocenters. The summed E-state index contributed by atoms with van der Waals surface area (Å²) in [5.74, 6) is 2.33. The summed E-state index contributed by atoms with van der Waals surface area (Å²) in [6, 6.07) is 23.6. The average Bonchev–Trinajstić information content (AvgIpc) is 3.47. The van der Waals surface area contributed by atoms with E-state index in [0.717, 1.165) is 69.2 Å². The van der Waals surface area contributed by atoms with Gasteiger partial charge in [0, 0.05) is 28.6 Å². The first-order valence-electron chi connectivity index (χ1n) is 13.5. The summed E-state index contributed by atoms with van der Waals surface area (Å²) in [4.78, 5) is 9.68. The first kappa shape index (κ1) is 23.0. The Kier molecular flexibility index (Phi) is 5.46. The number of aliphatic imine (C=N–C) groups is 1. The van der Waals surface area contributed by atoms with E-state index in [0.29, 0.717) is 6.04 Å². The lowest BCUT2D eigenvalue weighted by Crippen LogP contribution is -2.26. The Labute approximate surface area is 222 Å². The van der Waals surface area contributed by atoms with Gasteiger partial charge in [-0.15, -0.1) is 0 Å². The molecule has 3 heterocycles. The van der Waals surface area contributed by atoms with Crippen LogP contribution in [0, 0.1) is 20.8 Å². The van der Waals surface area contributed by atoms with Crippen molar-refractivity contribution in [3.8, 4) is 17.2 Å². The molecule has 0 N–H and O–H groups in total. The number of fused-ring (bicyclic) bond motifs is 4. The Morgan fingerprint density at radius 2 is 1.63 bits per heavy atom. The maximum absolute atomic E-state index is 6.50. The van der Waals surface area contributed by atoms with Crippen LogP contribution in [0.1, 0.15) is 47.9 Å². The first-order valence-corrected chi connectivity index (χ1v) is 13.5. The van der Waals surface area contributed by atoms with E-state index in [4.69, 9.17) is 19.5 Å². The van der Waals surface area contributed by atoms with E-state index in [-0.39, 0.29) is 6.10 Å². The van der Waals surface area contributed by atoms with Crippen LogP contribution >= 0.6 is 0 Å². The second-order valence-electron chi connectivity index (χ2n) is 10.8. The molecule has 7 rings (SSSR count). The molecule has 1 aliphatic carbocycles. The standard InChI is InChI=1S/C33H31N3O2/c1-20-10-11-30-28(17-20)27-7-6-12-34-32(27)36(30)24-14-22(3)16-26(19-24)37-25-15-21(2)13-23(18-25)33-35-29-8-4-5-9-31(29)38-33/h6-7,10-19,29,31H,4-5,8-9H2,1-3H3/t29-,31-/m0/s1. The molecule has 2 aliphatic rings. The number of nitrogens with zero attached hydrogens (tertiary/aromatic N) is 3. The molecule has 190 valence electrons. The summed E-state index contributed by atoms with van der Waals surface area (Å²) in [5, 5.41) is 2.36. The average molecular weight is 502 g/mol. The minimum Gasteiger partial charge on any atom is -0.472 e. The van der Waals surface area contributed by atoms with Gasteiger partial charge in [-0.05, 0) is 106 Å². The number of pyridine rings is 1. The molecule has 5 nitrogen and oxygen atoms in total. The minimum atomic E-state index is 0.228. The van der Waals surface area contributed by atoms with Gasteiger partial charge in [-0.1, -0.05) is 18.1 Å². The van der Waals surface area contributed by atoms with E-state index in [1.807, 2.05) is 12.3 Å². The van der Waals surface area contributed by atoms with Crippen molar-refractivity contribution in [1.29, 1.82) is 0 Å². The molecule has 2 aromatic heterocycles. The van der Waals surface area contributed by atoms with E-state index in [1.54, 1.807) is 0 Å². The third kappa shape index (κ3) is 4.03. The molecule has 38 heavy (non-hydrogen) atoms. The third-order valence-corrected chi connectivity index (χ3v) is 7.72. The van der Waals surface area contributed by atoms with E-state index >= 15 is 0 Å². The highest BCUT2D eigenvalue weighted by atomic mass is 16.5. The lowest BCUT2D eigenvalue weighted by Gasteiger charge is -2.22. The van der Waals surface area contributed by atoms with Gasteiger partial charge >= 0.3 is 0 Å². The van der Waals surface area contributed by atoms with Gasteiger partial charge in [-0.25, -0.2) is 9.98 Å². The van der Waals surface area contributed by atoms with Gasteiger partial charge in [0.1, 0.15) is 23.3 Å². The smallest absolute Gasteiger partial charge is 0.216 e. The lowest BCUT2D eigenvalue weighted by atomic mass is 9.94. The summed E-state index contributed by atoms with van der Waals surface area (Å²) >= 11 is 0. The van der Waals surface area contributed by atoms with Crippen LogP contribution in [0.4, 0.5) is 0 Å². The molecular weight excluding hydrogens is 470 g/mol. The fraction of sp³-hybridized carbons (Fsp3) is 0.273. The summed E-state index contributed by atoms with van der Waals surface area (Å²) in [5.41, 5.74) is 7.58. The largest absolute Gasteiger partial charge is 0.472 e. The molecule has 5 aromatic rings. The van der Waals surface area contributed by atoms with Gasteiger partial charge in [0.15, 0.2) is 0 Å². The van der Waals surface area contributed by atoms with Crippen LogP contribution in [0.15, 0.2) is 77.9 Å². The monoisotopic (exact) mass is 501 g/mol. The Balaban J connectivity index is 1.27. The number of aryl methyl sites for hydroxylation is 3. The van der Waals surface area contributed by atoms with Crippen LogP contribution in [0.25, 0.3) is 27.6 Å². The van der Waals surface area contributed by atoms with Crippen molar-refractivity contribution in [2.75, 3.05) is 0 Å². The molecule has 1 saturated carbocycles. The van der Waals surface area contributed by atoms with Crippen molar-refractivity contribution in [2.45, 2.75) is 58.6 Å². The molecule has 0 amide bonds. The van der Waals surface area contributed by atoms with E-state index in [1.165, 1.54) is 23.8 Å². The van der Waals surface area contributed by atoms with Gasteiger partial charge in [-0.3, -0.25) is 4.57 Å². The van der Waals surface area contributed by atoms with E-state index in [2.05, 4.69) is 86.0 Å². The number of hydrogen-bond acceptors (Lipinski definition) is 4. The summed E-state index contributed by atoms with van der Waals surface area (Å²) in [6.07, 6.45) is 6.76. The fourth-order valence-corrected chi connectivity index (χ4v) is 6.03. The van der Waals surface area contributed by atoms with Crippen molar-refractivity contribution >= 4 is 27.8 Å². The molecular formula is C33H31N3O2. The highest BCUT2D eigenvalue weighted by Gasteiger charge is 2.33. The number of rotatable bonds is 4. The second kappa shape index (κ2) is 9.02. The topological polar surface area (TPSA) is 48.6 Å². The van der Waals surface area contributed by atoms with Crippen molar-refractivity contribution in [3.05, 3.63) is 95.2 Å². The summed E-state index contributed by atoms with van der Waals surface area (Å²) < 4.78 is 15.0. The van der Waals surface area contributed by atoms with Crippen molar-refractivity contribution < 1.29 is 9.47 Å². The van der Waals surface area contributed by atoms with Crippen molar-refractivity contribution in [3.63, 3.8) is 0 Å². The van der Waals surface area contributed by atoms with Gasteiger partial charge in [0.2, 0.25) is 5.90 Å². The highest BCUT2D eigenvalue weighted by molar-refractivity contribution is 6.08. The predicted octanol–water partition coefficient (Wildman–Crippen LogP) is 7.98. The van der Waals surface area contributed by atoms with Crippen molar-refractivity contribution in [2.24, 2.45) is 4.99 Å². The minimum absolute atomic E-state index is 0.228. The van der Waals surface area contributed by atoms with Crippen LogP contribution in [0.2, 0.25) is 0 Å². The SMILES string of the molecule is Cc1cc(Oc2cc(C)cc(-n3c4ccc(C)cc4c4cccnc43)c2)cc(C2=N[C@H]3CCCC[C@@H]3O2)c1. The van der Waals surface area contributed by atoms with Crippen LogP contribution in [-0.2, 0) is 4.74 Å². The maximum Gasteiger partial charge on any atom is 0.216 e. The van der Waals surface area contributed by atoms with Crippen LogP contribution in [0.3, 0.4) is 0 Å². The number of ether oxygens (including phenoxy) is 2. The molecule has 1 aliphatic heterocycles. The first-order chi connectivity index (χ1) is 18.5. The molecule has 0 bridgehead atoms.